The molecule has 0 spiro atoms. The van der Waals surface area contributed by atoms with Crippen LogP contribution in [0.15, 0.2) is 0 Å². The van der Waals surface area contributed by atoms with E-state index in [1.165, 1.54) is 5.40 Å². The number of nitriles is 1. The normalized spacial score (nSPS) is 1.40. The second-order valence-electron chi connectivity index (χ2n) is 0.0913. The van der Waals surface area contributed by atoms with Crippen molar-refractivity contribution in [2.75, 3.05) is 0 Å². The Morgan fingerprint density at radius 3 is 1.60 bits per heavy atom. The molecule has 4 heteroatoms. The molecule has 0 saturated heterocycles. The molecule has 5 heavy (non-hydrogen) atoms. The van der Waals surface area contributed by atoms with Crippen molar-refractivity contribution in [1.29, 1.82) is 5.26 Å². The topological polar surface area (TPSA) is 23.8 Å². The van der Waals surface area contributed by atoms with E-state index in [0.29, 0.717) is 0 Å². The zero-order chi connectivity index (χ0) is 2.71. The van der Waals surface area contributed by atoms with E-state index in [1.54, 1.807) is 0 Å². The number of thiocyanates is 1. The smallest absolute Gasteiger partial charge is 0.696 e. The Morgan fingerprint density at radius 2 is 1.60 bits per heavy atom. The summed E-state index contributed by atoms with van der Waals surface area (Å²) in [4.78, 5) is 0. The molecule has 0 aliphatic rings. The molecule has 0 aromatic heterocycles. The van der Waals surface area contributed by atoms with Crippen molar-refractivity contribution < 1.29 is 51.4 Å². The van der Waals surface area contributed by atoms with Gasteiger partial charge in [0.1, 0.15) is 0 Å². The Bertz CT molecular complexity index is 33.1. The maximum Gasteiger partial charge on any atom is 1.00 e. The van der Waals surface area contributed by atoms with E-state index in [1.807, 2.05) is 0 Å². The van der Waals surface area contributed by atoms with Gasteiger partial charge in [-0.1, -0.05) is 5.40 Å². The summed E-state index contributed by atoms with van der Waals surface area (Å²) in [6.07, 6.45) is 0. The first-order valence-electron chi connectivity index (χ1n) is 0.428. The molecule has 0 aromatic rings. The third-order valence-electron chi connectivity index (χ3n) is 0. The molecule has 0 fully saturated rings. The Hall–Kier alpha value is 2.27. The summed E-state index contributed by atoms with van der Waals surface area (Å²) in [7, 11) is 0. The quantitative estimate of drug-likeness (QED) is 0.265. The Balaban J connectivity index is -0.0000000200. The van der Waals surface area contributed by atoms with E-state index in [0.717, 1.165) is 0 Å². The van der Waals surface area contributed by atoms with Gasteiger partial charge in [-0.2, -0.15) is 0 Å². The van der Waals surface area contributed by atoms with Crippen LogP contribution in [0.25, 0.3) is 0 Å². The second kappa shape index (κ2) is 16.3. The van der Waals surface area contributed by atoms with Gasteiger partial charge in [0.25, 0.3) is 0 Å². The maximum absolute atomic E-state index is 7.13. The van der Waals surface area contributed by atoms with Crippen molar-refractivity contribution in [1.82, 2.24) is 0 Å². The van der Waals surface area contributed by atoms with Gasteiger partial charge in [-0.15, -0.1) is 0 Å². The van der Waals surface area contributed by atoms with Gasteiger partial charge < -0.3 is 12.6 Å². The van der Waals surface area contributed by atoms with Gasteiger partial charge in [0.05, 0.1) is 0 Å². The van der Waals surface area contributed by atoms with Crippen LogP contribution in [0.2, 0.25) is 0 Å². The molecule has 1 nitrogen and oxygen atoms in total. The van der Waals surface area contributed by atoms with Gasteiger partial charge in [-0.3, -0.25) is 0 Å². The minimum Gasteiger partial charge on any atom is -0.696 e. The van der Waals surface area contributed by atoms with Crippen LogP contribution in [0.5, 0.6) is 0 Å². The molecule has 0 heterocycles. The molecule has 0 rings (SSSR count). The van der Waals surface area contributed by atoms with Gasteiger partial charge in [-0.05, 0) is 0 Å². The monoisotopic (exact) mass is 305 g/mol. The molecule has 0 aliphatic carbocycles. The second-order valence-corrected chi connectivity index (χ2v) is 0.274. The molecule has 0 N–H and O–H groups in total. The van der Waals surface area contributed by atoms with Crippen LogP contribution in [0, 0.1) is 10.7 Å². The number of nitrogens with zero attached hydrogens (tertiary/aromatic N) is 1. The molecule has 0 bridgehead atoms. The molecule has 0 unspecified atom stereocenters. The molecule has 0 saturated carbocycles. The van der Waals surface area contributed by atoms with Crippen LogP contribution in [0.3, 0.4) is 0 Å². The first-order chi connectivity index (χ1) is 1.41. The Labute approximate surface area is 99.5 Å². The van der Waals surface area contributed by atoms with Crippen LogP contribution in [-0.4, -0.2) is 27.3 Å². The van der Waals surface area contributed by atoms with Crippen LogP contribution in [0.4, 0.5) is 0 Å². The summed E-state index contributed by atoms with van der Waals surface area (Å²) in [5.41, 5.74) is 0. The number of hydrogen-bond acceptors (Lipinski definition) is 2. The molecule has 0 aliphatic heterocycles. The van der Waals surface area contributed by atoms with Crippen LogP contribution in [0.1, 0.15) is 0 Å². The fraction of sp³-hybridized carbons (Fsp3) is 0. The van der Waals surface area contributed by atoms with E-state index >= 15 is 0 Å². The molecular formula is CKNPbS. The van der Waals surface area contributed by atoms with E-state index in [2.05, 4.69) is 12.6 Å². The van der Waals surface area contributed by atoms with Gasteiger partial charge in [-0.25, -0.2) is 5.26 Å². The SMILES string of the molecule is N#C[S-].[K+].[Pb]. The third kappa shape index (κ3) is 22.2. The molecule has 0 amide bonds. The van der Waals surface area contributed by atoms with Crippen molar-refractivity contribution in [3.05, 3.63) is 0 Å². The first kappa shape index (κ1) is 15.7. The minimum absolute atomic E-state index is 0. The standard InChI is InChI=1S/CHNS.K.Pb/c2-1-3;;/h3H;;/q;+1;/p-1. The predicted octanol–water partition coefficient (Wildman–Crippen LogP) is -3.36. The minimum atomic E-state index is 0. The maximum atomic E-state index is 7.13. The van der Waals surface area contributed by atoms with Crippen molar-refractivity contribution in [2.45, 2.75) is 0 Å². The predicted molar refractivity (Wildman–Crippen MR) is 18.7 cm³/mol. The van der Waals surface area contributed by atoms with Gasteiger partial charge in [0, 0.05) is 27.3 Å². The summed E-state index contributed by atoms with van der Waals surface area (Å²) < 4.78 is 0. The summed E-state index contributed by atoms with van der Waals surface area (Å²) in [5.74, 6) is 0. The van der Waals surface area contributed by atoms with Crippen molar-refractivity contribution in [3.63, 3.8) is 0 Å². The summed E-state index contributed by atoms with van der Waals surface area (Å²) >= 11 is 3.70. The Kier molecular flexibility index (Phi) is 51.1. The van der Waals surface area contributed by atoms with Crippen LogP contribution >= 0.6 is 0 Å². The van der Waals surface area contributed by atoms with E-state index in [-0.39, 0.29) is 78.7 Å². The Morgan fingerprint density at radius 1 is 1.60 bits per heavy atom. The van der Waals surface area contributed by atoms with Crippen LogP contribution in [-0.2, 0) is 12.6 Å². The van der Waals surface area contributed by atoms with E-state index < -0.39 is 0 Å². The zero-order valence-electron chi connectivity index (χ0n) is 2.86. The number of rotatable bonds is 0. The summed E-state index contributed by atoms with van der Waals surface area (Å²) in [6, 6.07) is 0. The van der Waals surface area contributed by atoms with Crippen molar-refractivity contribution in [2.24, 2.45) is 0 Å². The van der Waals surface area contributed by atoms with Gasteiger partial charge in [0.15, 0.2) is 0 Å². The first-order valence-corrected chi connectivity index (χ1v) is 0.836. The average Bonchev–Trinajstić information content (AvgIpc) is 0.918. The van der Waals surface area contributed by atoms with Gasteiger partial charge >= 0.3 is 51.4 Å². The van der Waals surface area contributed by atoms with Crippen molar-refractivity contribution in [3.8, 4) is 5.40 Å². The number of hydrogen-bond donors (Lipinski definition) is 0. The zero-order valence-corrected chi connectivity index (χ0v) is 10.7. The fourth-order valence-corrected chi connectivity index (χ4v) is 0. The summed E-state index contributed by atoms with van der Waals surface area (Å²) in [5, 5.41) is 8.47. The van der Waals surface area contributed by atoms with Crippen molar-refractivity contribution >= 4 is 39.9 Å². The van der Waals surface area contributed by atoms with E-state index in [4.69, 9.17) is 5.26 Å². The molecule has 4 radical (unpaired) electrons. The van der Waals surface area contributed by atoms with E-state index in [9.17, 15) is 0 Å². The van der Waals surface area contributed by atoms with Gasteiger partial charge in [0.2, 0.25) is 0 Å². The van der Waals surface area contributed by atoms with Crippen LogP contribution < -0.4 is 51.4 Å². The molecule has 0 atom stereocenters. The third-order valence-corrected chi connectivity index (χ3v) is 0. The molecule has 20 valence electrons. The molecular weight excluding hydrogens is 304 g/mol. The fourth-order valence-electron chi connectivity index (χ4n) is 0. The average molecular weight is 304 g/mol. The molecule has 0 aromatic carbocycles. The summed E-state index contributed by atoms with van der Waals surface area (Å²) in [6.45, 7) is 0. The largest absolute Gasteiger partial charge is 1.00 e.